The summed E-state index contributed by atoms with van der Waals surface area (Å²) in [6.07, 6.45) is 0. The molecule has 0 saturated carbocycles. The van der Waals surface area contributed by atoms with Crippen molar-refractivity contribution in [1.82, 2.24) is 5.32 Å². The zero-order valence-electron chi connectivity index (χ0n) is 13.2. The quantitative estimate of drug-likeness (QED) is 0.648. The molecule has 3 nitrogen and oxygen atoms in total. The molecule has 0 spiro atoms. The van der Waals surface area contributed by atoms with Gasteiger partial charge in [-0.15, -0.1) is 0 Å². The Morgan fingerprint density at radius 3 is 2.12 bits per heavy atom. The van der Waals surface area contributed by atoms with Gasteiger partial charge in [-0.25, -0.2) is 9.18 Å². The third-order valence-electron chi connectivity index (χ3n) is 3.73. The lowest BCUT2D eigenvalue weighted by Gasteiger charge is -2.20. The molecule has 0 aromatic heterocycles. The first-order chi connectivity index (χ1) is 12.1. The molecule has 0 bridgehead atoms. The van der Waals surface area contributed by atoms with Crippen molar-refractivity contribution in [3.05, 3.63) is 101 Å². The predicted molar refractivity (Wildman–Crippen MR) is 98.3 cm³/mol. The van der Waals surface area contributed by atoms with Gasteiger partial charge in [0.2, 0.25) is 0 Å². The number of hydrogen-bond acceptors (Lipinski definition) is 1. The second-order valence-corrected chi connectivity index (χ2v) is 5.91. The molecule has 0 aliphatic rings. The highest BCUT2D eigenvalue weighted by atomic mass is 35.5. The number of nitrogens with one attached hydrogen (secondary N) is 2. The van der Waals surface area contributed by atoms with Gasteiger partial charge in [0.05, 0.1) is 11.7 Å². The van der Waals surface area contributed by atoms with Crippen LogP contribution in [0.3, 0.4) is 0 Å². The largest absolute Gasteiger partial charge is 0.327 e. The van der Waals surface area contributed by atoms with Crippen LogP contribution in [0.4, 0.5) is 14.9 Å². The monoisotopic (exact) mass is 354 g/mol. The van der Waals surface area contributed by atoms with Crippen LogP contribution < -0.4 is 10.6 Å². The van der Waals surface area contributed by atoms with Gasteiger partial charge in [0.15, 0.2) is 0 Å². The molecule has 0 unspecified atom stereocenters. The van der Waals surface area contributed by atoms with E-state index in [0.717, 1.165) is 11.1 Å². The highest BCUT2D eigenvalue weighted by Gasteiger charge is 2.17. The van der Waals surface area contributed by atoms with Crippen molar-refractivity contribution in [2.45, 2.75) is 6.04 Å². The number of rotatable bonds is 4. The Bertz CT molecular complexity index is 853. The topological polar surface area (TPSA) is 41.1 Å². The predicted octanol–water partition coefficient (Wildman–Crippen LogP) is 5.39. The Balaban J connectivity index is 1.84. The van der Waals surface area contributed by atoms with E-state index < -0.39 is 11.8 Å². The fourth-order valence-electron chi connectivity index (χ4n) is 2.51. The summed E-state index contributed by atoms with van der Waals surface area (Å²) in [7, 11) is 0. The second-order valence-electron chi connectivity index (χ2n) is 5.47. The molecule has 0 heterocycles. The summed E-state index contributed by atoms with van der Waals surface area (Å²) < 4.78 is 13.7. The van der Waals surface area contributed by atoms with Crippen LogP contribution in [0.25, 0.3) is 0 Å². The fourth-order valence-corrected chi connectivity index (χ4v) is 2.64. The molecule has 0 aliphatic carbocycles. The van der Waals surface area contributed by atoms with Gasteiger partial charge in [-0.05, 0) is 35.4 Å². The zero-order valence-corrected chi connectivity index (χ0v) is 14.0. The lowest BCUT2D eigenvalue weighted by atomic mass is 9.99. The molecule has 3 aromatic carbocycles. The Morgan fingerprint density at radius 1 is 0.840 bits per heavy atom. The van der Waals surface area contributed by atoms with Crippen LogP contribution in [0.15, 0.2) is 78.9 Å². The molecule has 1 atom stereocenters. The van der Waals surface area contributed by atoms with Gasteiger partial charge in [0, 0.05) is 5.02 Å². The van der Waals surface area contributed by atoms with Crippen molar-refractivity contribution in [3.8, 4) is 0 Å². The maximum absolute atomic E-state index is 13.7. The molecule has 25 heavy (non-hydrogen) atoms. The van der Waals surface area contributed by atoms with Gasteiger partial charge >= 0.3 is 6.03 Å². The van der Waals surface area contributed by atoms with Crippen molar-refractivity contribution < 1.29 is 9.18 Å². The summed E-state index contributed by atoms with van der Waals surface area (Å²) in [5.74, 6) is -0.486. The highest BCUT2D eigenvalue weighted by Crippen LogP contribution is 2.24. The standard InChI is InChI=1S/C20H16ClFN2O/c21-16-12-10-15(11-13-16)19(14-6-2-1-3-7-14)24-20(25)23-18-9-5-4-8-17(18)22/h1-13,19H,(H2,23,24,25)/t19-/m0/s1. The summed E-state index contributed by atoms with van der Waals surface area (Å²) in [5, 5.41) is 6.04. The molecule has 0 fully saturated rings. The van der Waals surface area contributed by atoms with Gasteiger partial charge < -0.3 is 10.6 Å². The van der Waals surface area contributed by atoms with Crippen molar-refractivity contribution in [2.75, 3.05) is 5.32 Å². The third-order valence-corrected chi connectivity index (χ3v) is 3.99. The Labute approximate surface area is 150 Å². The highest BCUT2D eigenvalue weighted by molar-refractivity contribution is 6.30. The van der Waals surface area contributed by atoms with E-state index in [1.54, 1.807) is 24.3 Å². The Kier molecular flexibility index (Phi) is 5.31. The second kappa shape index (κ2) is 7.81. The Hall–Kier alpha value is -2.85. The minimum absolute atomic E-state index is 0.128. The van der Waals surface area contributed by atoms with Crippen LogP contribution in [0, 0.1) is 5.82 Å². The first-order valence-electron chi connectivity index (χ1n) is 7.76. The van der Waals surface area contributed by atoms with Gasteiger partial charge in [-0.1, -0.05) is 66.2 Å². The maximum atomic E-state index is 13.7. The molecular formula is C20H16ClFN2O. The van der Waals surface area contributed by atoms with Crippen LogP contribution in [0.2, 0.25) is 5.02 Å². The molecule has 3 rings (SSSR count). The number of hydrogen-bond donors (Lipinski definition) is 2. The van der Waals surface area contributed by atoms with E-state index in [4.69, 9.17) is 11.6 Å². The SMILES string of the molecule is O=C(Nc1ccccc1F)N[C@@H](c1ccccc1)c1ccc(Cl)cc1. The van der Waals surface area contributed by atoms with Crippen LogP contribution in [0.5, 0.6) is 0 Å². The molecule has 5 heteroatoms. The number of para-hydroxylation sites is 1. The molecule has 0 saturated heterocycles. The van der Waals surface area contributed by atoms with E-state index in [2.05, 4.69) is 10.6 Å². The van der Waals surface area contributed by atoms with E-state index in [9.17, 15) is 9.18 Å². The van der Waals surface area contributed by atoms with Crippen molar-refractivity contribution in [3.63, 3.8) is 0 Å². The van der Waals surface area contributed by atoms with E-state index in [1.807, 2.05) is 42.5 Å². The van der Waals surface area contributed by atoms with Crippen LogP contribution >= 0.6 is 11.6 Å². The minimum Gasteiger partial charge on any atom is -0.327 e. The fraction of sp³-hybridized carbons (Fsp3) is 0.0500. The van der Waals surface area contributed by atoms with Crippen LogP contribution in [-0.2, 0) is 0 Å². The smallest absolute Gasteiger partial charge is 0.320 e. The molecule has 2 N–H and O–H groups in total. The average Bonchev–Trinajstić information content (AvgIpc) is 2.63. The molecule has 0 radical (unpaired) electrons. The van der Waals surface area contributed by atoms with E-state index >= 15 is 0 Å². The number of urea groups is 1. The number of benzene rings is 3. The maximum Gasteiger partial charge on any atom is 0.320 e. The van der Waals surface area contributed by atoms with Gasteiger partial charge in [0.1, 0.15) is 5.82 Å². The minimum atomic E-state index is -0.492. The lowest BCUT2D eigenvalue weighted by molar-refractivity contribution is 0.250. The number of carbonyl (C=O) groups excluding carboxylic acids is 1. The van der Waals surface area contributed by atoms with Crippen LogP contribution in [-0.4, -0.2) is 6.03 Å². The number of halogens is 2. The van der Waals surface area contributed by atoms with E-state index in [1.165, 1.54) is 12.1 Å². The van der Waals surface area contributed by atoms with Gasteiger partial charge in [-0.3, -0.25) is 0 Å². The molecule has 0 aliphatic heterocycles. The summed E-state index contributed by atoms with van der Waals surface area (Å²) in [4.78, 5) is 12.4. The number of carbonyl (C=O) groups is 1. The summed E-state index contributed by atoms with van der Waals surface area (Å²) in [6, 6.07) is 21.9. The number of anilines is 1. The lowest BCUT2D eigenvalue weighted by Crippen LogP contribution is -2.33. The van der Waals surface area contributed by atoms with Gasteiger partial charge in [0.25, 0.3) is 0 Å². The average molecular weight is 355 g/mol. The van der Waals surface area contributed by atoms with Gasteiger partial charge in [-0.2, -0.15) is 0 Å². The van der Waals surface area contributed by atoms with Crippen molar-refractivity contribution in [2.24, 2.45) is 0 Å². The first kappa shape index (κ1) is 17.0. The zero-order chi connectivity index (χ0) is 17.6. The normalized spacial score (nSPS) is 11.6. The summed E-state index contributed by atoms with van der Waals surface area (Å²) >= 11 is 5.95. The van der Waals surface area contributed by atoms with Crippen LogP contribution in [0.1, 0.15) is 17.2 Å². The third kappa shape index (κ3) is 4.37. The molecule has 2 amide bonds. The molecule has 3 aromatic rings. The number of amides is 2. The van der Waals surface area contributed by atoms with E-state index in [-0.39, 0.29) is 11.7 Å². The van der Waals surface area contributed by atoms with E-state index in [0.29, 0.717) is 5.02 Å². The summed E-state index contributed by atoms with van der Waals surface area (Å²) in [6.45, 7) is 0. The van der Waals surface area contributed by atoms with Crippen molar-refractivity contribution >= 4 is 23.3 Å². The molecular weight excluding hydrogens is 339 g/mol. The molecule has 126 valence electrons. The van der Waals surface area contributed by atoms with Crippen molar-refractivity contribution in [1.29, 1.82) is 0 Å². The first-order valence-corrected chi connectivity index (χ1v) is 8.14. The summed E-state index contributed by atoms with van der Waals surface area (Å²) in [5.41, 5.74) is 1.91. The Morgan fingerprint density at radius 2 is 1.44 bits per heavy atom.